The number of halogens is 4. The van der Waals surface area contributed by atoms with Crippen molar-refractivity contribution >= 4 is 17.6 Å². The third-order valence-corrected chi connectivity index (χ3v) is 4.01. The number of alkyl halides is 3. The fourth-order valence-corrected chi connectivity index (χ4v) is 2.66. The van der Waals surface area contributed by atoms with Gasteiger partial charge in [0.2, 0.25) is 0 Å². The Balaban J connectivity index is 1.83. The first kappa shape index (κ1) is 23.1. The van der Waals surface area contributed by atoms with Crippen LogP contribution in [0.3, 0.4) is 0 Å². The monoisotopic (exact) mass is 451 g/mol. The first-order valence-electron chi connectivity index (χ1n) is 9.56. The minimum Gasteiger partial charge on any atom is -0.486 e. The van der Waals surface area contributed by atoms with E-state index >= 15 is 0 Å². The van der Waals surface area contributed by atoms with Crippen molar-refractivity contribution < 1.29 is 31.8 Å². The first-order chi connectivity index (χ1) is 14.9. The van der Waals surface area contributed by atoms with Crippen LogP contribution in [0.15, 0.2) is 54.6 Å². The normalized spacial score (nSPS) is 11.8. The summed E-state index contributed by atoms with van der Waals surface area (Å²) < 4.78 is 65.0. The SMILES string of the molecule is CC(C)(C)OC(=O)n1nc(Nc2ccc(F)c(OCc3ccccc3)c2)cc1C(F)(F)F. The molecule has 32 heavy (non-hydrogen) atoms. The smallest absolute Gasteiger partial charge is 0.435 e. The summed E-state index contributed by atoms with van der Waals surface area (Å²) in [5.41, 5.74) is -1.29. The molecule has 0 aliphatic heterocycles. The van der Waals surface area contributed by atoms with Crippen molar-refractivity contribution in [2.75, 3.05) is 5.32 Å². The van der Waals surface area contributed by atoms with Crippen LogP contribution in [-0.2, 0) is 17.5 Å². The largest absolute Gasteiger partial charge is 0.486 e. The van der Waals surface area contributed by atoms with E-state index in [4.69, 9.17) is 9.47 Å². The van der Waals surface area contributed by atoms with Crippen molar-refractivity contribution in [3.63, 3.8) is 0 Å². The molecule has 0 amide bonds. The standard InChI is InChI=1S/C22H21F4N3O3/c1-21(2,3)32-20(30)29-18(22(24,25)26)12-19(28-29)27-15-9-10-16(23)17(11-15)31-13-14-7-5-4-6-8-14/h4-12H,13H2,1-3H3,(H,27,28). The zero-order valence-electron chi connectivity index (χ0n) is 17.5. The molecule has 1 heterocycles. The molecule has 0 radical (unpaired) electrons. The Kier molecular flexibility index (Phi) is 6.42. The number of anilines is 2. The molecule has 6 nitrogen and oxygen atoms in total. The molecule has 0 fully saturated rings. The van der Waals surface area contributed by atoms with Crippen LogP contribution in [0.5, 0.6) is 5.75 Å². The Hall–Kier alpha value is -3.56. The summed E-state index contributed by atoms with van der Waals surface area (Å²) in [6.45, 7) is 4.68. The van der Waals surface area contributed by atoms with Crippen LogP contribution in [-0.4, -0.2) is 21.5 Å². The van der Waals surface area contributed by atoms with Gasteiger partial charge in [-0.1, -0.05) is 30.3 Å². The quantitative estimate of drug-likeness (QED) is 0.472. The van der Waals surface area contributed by atoms with Crippen LogP contribution in [0, 0.1) is 5.82 Å². The Labute approximate surface area is 181 Å². The maximum Gasteiger partial charge on any atom is 0.435 e. The number of aromatic nitrogens is 2. The van der Waals surface area contributed by atoms with E-state index in [9.17, 15) is 22.4 Å². The molecule has 0 spiro atoms. The number of carbonyl (C=O) groups is 1. The Bertz CT molecular complexity index is 1090. The molecule has 3 aromatic rings. The molecule has 0 saturated carbocycles. The lowest BCUT2D eigenvalue weighted by Gasteiger charge is -2.20. The lowest BCUT2D eigenvalue weighted by atomic mass is 10.2. The topological polar surface area (TPSA) is 65.4 Å². The van der Waals surface area contributed by atoms with E-state index in [0.717, 1.165) is 11.6 Å². The molecular formula is C22H21F4N3O3. The summed E-state index contributed by atoms with van der Waals surface area (Å²) in [6, 6.07) is 13.4. The number of hydrogen-bond donors (Lipinski definition) is 1. The summed E-state index contributed by atoms with van der Waals surface area (Å²) in [4.78, 5) is 12.2. The summed E-state index contributed by atoms with van der Waals surface area (Å²) in [5.74, 6) is -1.01. The van der Waals surface area contributed by atoms with Gasteiger partial charge in [-0.25, -0.2) is 9.18 Å². The van der Waals surface area contributed by atoms with Crippen molar-refractivity contribution in [3.05, 3.63) is 71.7 Å². The van der Waals surface area contributed by atoms with Crippen LogP contribution >= 0.6 is 0 Å². The van der Waals surface area contributed by atoms with E-state index in [1.807, 2.05) is 30.3 Å². The van der Waals surface area contributed by atoms with Crippen molar-refractivity contribution in [2.45, 2.75) is 39.2 Å². The number of ether oxygens (including phenoxy) is 2. The van der Waals surface area contributed by atoms with E-state index in [1.54, 1.807) is 0 Å². The van der Waals surface area contributed by atoms with Gasteiger partial charge in [-0.05, 0) is 38.5 Å². The Morgan fingerprint density at radius 3 is 2.38 bits per heavy atom. The average molecular weight is 451 g/mol. The minimum atomic E-state index is -4.85. The number of carbonyl (C=O) groups excluding carboxylic acids is 1. The molecule has 3 rings (SSSR count). The van der Waals surface area contributed by atoms with Crippen LogP contribution in [0.25, 0.3) is 0 Å². The van der Waals surface area contributed by atoms with Crippen LogP contribution in [0.1, 0.15) is 32.0 Å². The molecule has 0 bridgehead atoms. The second-order valence-electron chi connectivity index (χ2n) is 7.85. The highest BCUT2D eigenvalue weighted by atomic mass is 19.4. The number of benzene rings is 2. The number of nitrogens with zero attached hydrogens (tertiary/aromatic N) is 2. The van der Waals surface area contributed by atoms with Gasteiger partial charge < -0.3 is 14.8 Å². The van der Waals surface area contributed by atoms with Gasteiger partial charge in [-0.3, -0.25) is 0 Å². The second kappa shape index (κ2) is 8.89. The third kappa shape index (κ3) is 5.99. The van der Waals surface area contributed by atoms with Crippen molar-refractivity contribution in [3.8, 4) is 5.75 Å². The molecule has 0 atom stereocenters. The summed E-state index contributed by atoms with van der Waals surface area (Å²) in [5, 5.41) is 6.31. The van der Waals surface area contributed by atoms with E-state index in [0.29, 0.717) is 6.07 Å². The van der Waals surface area contributed by atoms with E-state index in [-0.39, 0.29) is 28.5 Å². The predicted octanol–water partition coefficient (Wildman–Crippen LogP) is 6.15. The summed E-state index contributed by atoms with van der Waals surface area (Å²) >= 11 is 0. The van der Waals surface area contributed by atoms with Crippen molar-refractivity contribution in [1.29, 1.82) is 0 Å². The molecule has 0 aliphatic carbocycles. The highest BCUT2D eigenvalue weighted by Crippen LogP contribution is 2.33. The molecule has 170 valence electrons. The van der Waals surface area contributed by atoms with Crippen molar-refractivity contribution in [1.82, 2.24) is 9.78 Å². The van der Waals surface area contributed by atoms with Crippen molar-refractivity contribution in [2.24, 2.45) is 0 Å². The molecule has 1 N–H and O–H groups in total. The lowest BCUT2D eigenvalue weighted by Crippen LogP contribution is -2.30. The fraction of sp³-hybridized carbons (Fsp3) is 0.273. The van der Waals surface area contributed by atoms with Gasteiger partial charge in [0.1, 0.15) is 12.2 Å². The van der Waals surface area contributed by atoms with E-state index in [2.05, 4.69) is 10.4 Å². The van der Waals surface area contributed by atoms with Gasteiger partial charge in [-0.15, -0.1) is 5.10 Å². The summed E-state index contributed by atoms with van der Waals surface area (Å²) in [6.07, 6.45) is -6.12. The Morgan fingerprint density at radius 2 is 1.75 bits per heavy atom. The van der Waals surface area contributed by atoms with Gasteiger partial charge in [0.15, 0.2) is 23.1 Å². The average Bonchev–Trinajstić information content (AvgIpc) is 3.12. The van der Waals surface area contributed by atoms with Gasteiger partial charge in [0.05, 0.1) is 0 Å². The van der Waals surface area contributed by atoms with E-state index in [1.165, 1.54) is 32.9 Å². The minimum absolute atomic E-state index is 0.0959. The maximum absolute atomic E-state index is 14.1. The predicted molar refractivity (Wildman–Crippen MR) is 109 cm³/mol. The molecule has 0 saturated heterocycles. The Morgan fingerprint density at radius 1 is 1.06 bits per heavy atom. The number of rotatable bonds is 5. The van der Waals surface area contributed by atoms with Gasteiger partial charge in [0, 0.05) is 17.8 Å². The first-order valence-corrected chi connectivity index (χ1v) is 9.56. The fourth-order valence-electron chi connectivity index (χ4n) is 2.66. The molecule has 0 unspecified atom stereocenters. The molecule has 0 aliphatic rings. The molecule has 1 aromatic heterocycles. The number of hydrogen-bond acceptors (Lipinski definition) is 5. The second-order valence-corrected chi connectivity index (χ2v) is 7.85. The van der Waals surface area contributed by atoms with Crippen LogP contribution < -0.4 is 10.1 Å². The summed E-state index contributed by atoms with van der Waals surface area (Å²) in [7, 11) is 0. The van der Waals surface area contributed by atoms with E-state index < -0.39 is 29.4 Å². The van der Waals surface area contributed by atoms with Gasteiger partial charge in [0.25, 0.3) is 0 Å². The van der Waals surface area contributed by atoms with Crippen LogP contribution in [0.4, 0.5) is 33.9 Å². The van der Waals surface area contributed by atoms with Crippen LogP contribution in [0.2, 0.25) is 0 Å². The van der Waals surface area contributed by atoms with Gasteiger partial charge in [-0.2, -0.15) is 17.9 Å². The lowest BCUT2D eigenvalue weighted by molar-refractivity contribution is -0.143. The highest BCUT2D eigenvalue weighted by Gasteiger charge is 2.39. The molecule has 2 aromatic carbocycles. The molecular weight excluding hydrogens is 430 g/mol. The van der Waals surface area contributed by atoms with Gasteiger partial charge >= 0.3 is 12.3 Å². The zero-order valence-corrected chi connectivity index (χ0v) is 17.5. The zero-order chi connectivity index (χ0) is 23.5. The maximum atomic E-state index is 14.1. The molecule has 10 heteroatoms. The number of nitrogens with one attached hydrogen (secondary N) is 1. The highest BCUT2D eigenvalue weighted by molar-refractivity contribution is 5.72. The third-order valence-electron chi connectivity index (χ3n) is 4.01.